The highest BCUT2D eigenvalue weighted by atomic mass is 19.1. The molecule has 2 saturated carbocycles. The number of fused-ring (bicyclic) bond motifs is 4. The van der Waals surface area contributed by atoms with Crippen molar-refractivity contribution in [2.24, 2.45) is 17.8 Å². The predicted octanol–water partition coefficient (Wildman–Crippen LogP) is 9.81. The second-order valence-corrected chi connectivity index (χ2v) is 22.5. The molecule has 76 heavy (non-hydrogen) atoms. The monoisotopic (exact) mass is 1050 g/mol. The summed E-state index contributed by atoms with van der Waals surface area (Å²) in [5.41, 5.74) is 5.41. The Hall–Kier alpha value is -6.50. The van der Waals surface area contributed by atoms with Gasteiger partial charge in [0.1, 0.15) is 29.4 Å². The molecule has 3 aromatic carbocycles. The molecule has 406 valence electrons. The number of nitrogens with one attached hydrogen (secondary N) is 4. The van der Waals surface area contributed by atoms with Crippen LogP contribution in [0.1, 0.15) is 151 Å². The van der Waals surface area contributed by atoms with Crippen molar-refractivity contribution in [2.45, 2.75) is 159 Å². The number of H-pyrrole nitrogens is 2. The zero-order valence-corrected chi connectivity index (χ0v) is 44.5. The molecule has 17 nitrogen and oxygen atoms in total. The van der Waals surface area contributed by atoms with E-state index in [0.29, 0.717) is 49.2 Å². The maximum absolute atomic E-state index is 16.6. The van der Waals surface area contributed by atoms with E-state index in [1.54, 1.807) is 6.92 Å². The molecule has 6 heterocycles. The Bertz CT molecular complexity index is 2970. The molecule has 0 spiro atoms. The molecular weight excluding hydrogens is 975 g/mol. The molecule has 2 aromatic heterocycles. The number of hydrogen-bond acceptors (Lipinski definition) is 11. The van der Waals surface area contributed by atoms with E-state index < -0.39 is 42.0 Å². The Labute approximate surface area is 442 Å². The van der Waals surface area contributed by atoms with Crippen LogP contribution in [-0.2, 0) is 23.8 Å². The van der Waals surface area contributed by atoms with Crippen LogP contribution in [0.5, 0.6) is 0 Å². The fraction of sp³-hybridized carbons (Fsp3) is 0.579. The molecule has 11 rings (SSSR count). The minimum Gasteiger partial charge on any atom is -0.453 e. The Morgan fingerprint density at radius 3 is 1.58 bits per heavy atom. The number of methoxy groups -OCH3 is 3. The number of carbonyl (C=O) groups is 4. The lowest BCUT2D eigenvalue weighted by molar-refractivity contribution is -0.140. The number of ether oxygens (including phenoxy) is 3. The first-order valence-corrected chi connectivity index (χ1v) is 27.6. The van der Waals surface area contributed by atoms with Crippen LogP contribution in [-0.4, -0.2) is 118 Å². The number of rotatable bonds is 13. The van der Waals surface area contributed by atoms with E-state index in [4.69, 9.17) is 24.2 Å². The van der Waals surface area contributed by atoms with Gasteiger partial charge in [0.05, 0.1) is 66.6 Å². The number of imidazole rings is 2. The van der Waals surface area contributed by atoms with Gasteiger partial charge in [0, 0.05) is 38.0 Å². The Balaban J connectivity index is 0.929. The third kappa shape index (κ3) is 9.37. The van der Waals surface area contributed by atoms with Gasteiger partial charge in [-0.3, -0.25) is 9.59 Å². The van der Waals surface area contributed by atoms with Gasteiger partial charge in [-0.1, -0.05) is 38.8 Å². The number of likely N-dealkylation sites (tertiary alicyclic amines) is 2. The summed E-state index contributed by atoms with van der Waals surface area (Å²) in [5, 5.41) is 5.52. The number of anilines is 2. The van der Waals surface area contributed by atoms with Crippen LogP contribution >= 0.6 is 0 Å². The summed E-state index contributed by atoms with van der Waals surface area (Å²) >= 11 is 0. The number of hydrogen-bond donors (Lipinski definition) is 4. The molecule has 4 N–H and O–H groups in total. The van der Waals surface area contributed by atoms with Crippen molar-refractivity contribution in [3.05, 3.63) is 82.9 Å². The zero-order chi connectivity index (χ0) is 53.1. The van der Waals surface area contributed by atoms with Gasteiger partial charge in [-0.25, -0.2) is 28.3 Å². The normalized spacial score (nSPS) is 26.5. The quantitative estimate of drug-likeness (QED) is 0.0878. The van der Waals surface area contributed by atoms with Gasteiger partial charge >= 0.3 is 12.2 Å². The number of piperidine rings is 1. The van der Waals surface area contributed by atoms with Crippen LogP contribution in [0.15, 0.2) is 48.5 Å². The minimum atomic E-state index is -0.968. The predicted molar refractivity (Wildman–Crippen MR) is 282 cm³/mol. The fourth-order valence-corrected chi connectivity index (χ4v) is 14.2. The molecule has 0 bridgehead atoms. The molecule has 4 saturated heterocycles. The average molecular weight is 1050 g/mol. The van der Waals surface area contributed by atoms with E-state index in [1.165, 1.54) is 33.5 Å². The van der Waals surface area contributed by atoms with E-state index in [0.717, 1.165) is 104 Å². The van der Waals surface area contributed by atoms with E-state index in [9.17, 15) is 19.2 Å². The fourth-order valence-electron chi connectivity index (χ4n) is 14.2. The van der Waals surface area contributed by atoms with Crippen molar-refractivity contribution in [1.82, 2.24) is 40.4 Å². The number of nitrogens with zero attached hydrogens (tertiary/aromatic N) is 6. The molecule has 4 aliphatic heterocycles. The van der Waals surface area contributed by atoms with Crippen LogP contribution in [0, 0.1) is 29.4 Å². The molecule has 1 unspecified atom stereocenters. The summed E-state index contributed by atoms with van der Waals surface area (Å²) in [4.78, 5) is 79.3. The zero-order valence-electron chi connectivity index (χ0n) is 44.5. The standard InChI is InChI=1S/C57H72F2N10O7/c1-30(2)49(64-56(72)75-5)54(70)68-43-14-10-12-32(43)26-47(68)52-60-39-18-16-34(24-41(39)62-52)45-20-21-46(67(45)36-28-37(58)51(38(59)29-36)66-22-8-7-9-23-66)35-17-19-40-42(25-35)63-53(61-40)48-27-33-13-11-15-44(33)69(48)55(71)50(31(3)74-4)65-57(73)76-6/h16-19,24-25,28-33,43-50H,7-15,20-23,26-27H2,1-6H3,(H,60,62)(H,61,63)(H,64,72)(H,65,73)/t31-,32+,33+,43+,44+,45-,46-,47+,48+,49?,50+/m1/s1. The molecule has 0 radical (unpaired) electrons. The Kier molecular flexibility index (Phi) is 14.4. The highest BCUT2D eigenvalue weighted by Gasteiger charge is 2.51. The van der Waals surface area contributed by atoms with Crippen molar-refractivity contribution in [3.63, 3.8) is 0 Å². The minimum absolute atomic E-state index is 0.00784. The van der Waals surface area contributed by atoms with E-state index in [-0.39, 0.29) is 65.6 Å². The average Bonchev–Trinajstić information content (AvgIpc) is 4.31. The highest BCUT2D eigenvalue weighted by Crippen LogP contribution is 2.52. The smallest absolute Gasteiger partial charge is 0.407 e. The number of aromatic nitrogens is 4. The number of halogens is 2. The molecule has 11 atom stereocenters. The summed E-state index contributed by atoms with van der Waals surface area (Å²) in [6.45, 7) is 6.79. The summed E-state index contributed by atoms with van der Waals surface area (Å²) in [6.07, 6.45) is 9.47. The number of amides is 4. The maximum atomic E-state index is 16.6. The Morgan fingerprint density at radius 1 is 0.618 bits per heavy atom. The van der Waals surface area contributed by atoms with Gasteiger partial charge < -0.3 is 54.4 Å². The lowest BCUT2D eigenvalue weighted by Gasteiger charge is -2.35. The van der Waals surface area contributed by atoms with E-state index >= 15 is 8.78 Å². The lowest BCUT2D eigenvalue weighted by atomic mass is 10.0. The van der Waals surface area contributed by atoms with Gasteiger partial charge in [0.15, 0.2) is 11.6 Å². The summed E-state index contributed by atoms with van der Waals surface area (Å²) in [5.74, 6) is 0.226. The first kappa shape index (κ1) is 51.6. The van der Waals surface area contributed by atoms with E-state index in [2.05, 4.69) is 43.7 Å². The topological polar surface area (TPSA) is 190 Å². The third-order valence-electron chi connectivity index (χ3n) is 17.9. The van der Waals surface area contributed by atoms with Crippen LogP contribution in [0.4, 0.5) is 29.7 Å². The van der Waals surface area contributed by atoms with Crippen LogP contribution in [0.2, 0.25) is 0 Å². The van der Waals surface area contributed by atoms with Gasteiger partial charge in [-0.05, 0) is 143 Å². The number of carbonyl (C=O) groups excluding carboxylic acids is 4. The number of aromatic amines is 2. The number of benzene rings is 3. The molecule has 6 fully saturated rings. The van der Waals surface area contributed by atoms with Crippen LogP contribution in [0.25, 0.3) is 22.1 Å². The first-order chi connectivity index (χ1) is 36.7. The van der Waals surface area contributed by atoms with Gasteiger partial charge in [0.25, 0.3) is 0 Å². The SMILES string of the molecule is COC(=O)NC(C(=O)N1[C@H](c2nc3ccc([C@H]4CC[C@H](c5ccc6nc([C@@H]7C[C@@H]8CCC[C@@H]8N7C(=O)[C@@H](NC(=O)OC)[C@@H](C)OC)[nH]c6c5)N4c4cc(F)c(N5CCCCC5)c(F)c4)cc3[nH]2)C[C@@H]2CCC[C@@H]21)C(C)C. The van der Waals surface area contributed by atoms with Gasteiger partial charge in [-0.15, -0.1) is 0 Å². The second-order valence-electron chi connectivity index (χ2n) is 22.5. The third-order valence-corrected chi connectivity index (χ3v) is 17.9. The lowest BCUT2D eigenvalue weighted by Crippen LogP contribution is -2.55. The van der Waals surface area contributed by atoms with Gasteiger partial charge in [-0.2, -0.15) is 0 Å². The molecule has 19 heteroatoms. The van der Waals surface area contributed by atoms with Crippen molar-refractivity contribution in [3.8, 4) is 0 Å². The van der Waals surface area contributed by atoms with E-state index in [1.807, 2.05) is 46.7 Å². The highest BCUT2D eigenvalue weighted by molar-refractivity contribution is 5.88. The Morgan fingerprint density at radius 2 is 1.11 bits per heavy atom. The molecule has 4 amide bonds. The van der Waals surface area contributed by atoms with Crippen molar-refractivity contribution < 1.29 is 42.2 Å². The number of alkyl carbamates (subject to hydrolysis) is 2. The second kappa shape index (κ2) is 21.1. The summed E-state index contributed by atoms with van der Waals surface area (Å²) in [6, 6.07) is 12.3. The van der Waals surface area contributed by atoms with Crippen LogP contribution < -0.4 is 20.4 Å². The molecule has 5 aromatic rings. The van der Waals surface area contributed by atoms with Crippen molar-refractivity contribution in [2.75, 3.05) is 44.2 Å². The van der Waals surface area contributed by atoms with Crippen molar-refractivity contribution in [1.29, 1.82) is 0 Å². The molecule has 2 aliphatic carbocycles. The van der Waals surface area contributed by atoms with Gasteiger partial charge in [0.2, 0.25) is 11.8 Å². The molecular formula is C57H72F2N10O7. The largest absolute Gasteiger partial charge is 0.453 e. The first-order valence-electron chi connectivity index (χ1n) is 27.6. The van der Waals surface area contributed by atoms with Crippen LogP contribution in [0.3, 0.4) is 0 Å². The summed E-state index contributed by atoms with van der Waals surface area (Å²) < 4.78 is 48.6. The van der Waals surface area contributed by atoms with Crippen molar-refractivity contribution >= 4 is 57.4 Å². The maximum Gasteiger partial charge on any atom is 0.407 e. The molecule has 6 aliphatic rings. The summed E-state index contributed by atoms with van der Waals surface area (Å²) in [7, 11) is 4.08.